The lowest BCUT2D eigenvalue weighted by atomic mass is 10.1. The SMILES string of the molecule is CCCCCCCCC(=O)N/N=C(/C)c1ccc(NC(=O)CCCC(=O)O)cc1. The van der Waals surface area contributed by atoms with Crippen molar-refractivity contribution in [3.05, 3.63) is 29.8 Å². The summed E-state index contributed by atoms with van der Waals surface area (Å²) in [6, 6.07) is 7.13. The molecule has 0 aliphatic rings. The van der Waals surface area contributed by atoms with Crippen LogP contribution in [0.2, 0.25) is 0 Å². The molecular weight excluding hydrogens is 370 g/mol. The fraction of sp³-hybridized carbons (Fsp3) is 0.545. The Labute approximate surface area is 173 Å². The largest absolute Gasteiger partial charge is 0.481 e. The molecule has 0 saturated heterocycles. The number of hydrazone groups is 1. The molecule has 29 heavy (non-hydrogen) atoms. The van der Waals surface area contributed by atoms with Crippen LogP contribution in [0.15, 0.2) is 29.4 Å². The van der Waals surface area contributed by atoms with Crippen LogP contribution in [0, 0.1) is 0 Å². The standard InChI is InChI=1S/C22H33N3O4/c1-3-4-5-6-7-8-10-21(27)25-24-17(2)18-13-15-19(16-14-18)23-20(26)11-9-12-22(28)29/h13-16H,3-12H2,1-2H3,(H,23,26)(H,25,27)(H,28,29)/b24-17-. The summed E-state index contributed by atoms with van der Waals surface area (Å²) in [5.74, 6) is -1.20. The Kier molecular flexibility index (Phi) is 12.0. The van der Waals surface area contributed by atoms with Crippen LogP contribution in [0.25, 0.3) is 0 Å². The predicted molar refractivity (Wildman–Crippen MR) is 115 cm³/mol. The number of nitrogens with one attached hydrogen (secondary N) is 2. The van der Waals surface area contributed by atoms with Gasteiger partial charge in [0.25, 0.3) is 0 Å². The zero-order valence-corrected chi connectivity index (χ0v) is 17.5. The summed E-state index contributed by atoms with van der Waals surface area (Å²) in [4.78, 5) is 34.1. The first kappa shape index (κ1) is 24.3. The van der Waals surface area contributed by atoms with Gasteiger partial charge in [0.2, 0.25) is 11.8 Å². The van der Waals surface area contributed by atoms with E-state index in [4.69, 9.17) is 5.11 Å². The van der Waals surface area contributed by atoms with E-state index in [1.807, 2.05) is 19.1 Å². The van der Waals surface area contributed by atoms with Gasteiger partial charge in [0, 0.05) is 24.9 Å². The fourth-order valence-electron chi connectivity index (χ4n) is 2.75. The molecule has 0 spiro atoms. The van der Waals surface area contributed by atoms with Gasteiger partial charge in [0.15, 0.2) is 0 Å². The first-order valence-electron chi connectivity index (χ1n) is 10.4. The summed E-state index contributed by atoms with van der Waals surface area (Å²) < 4.78 is 0. The van der Waals surface area contributed by atoms with E-state index in [0.29, 0.717) is 24.2 Å². The third-order valence-electron chi connectivity index (χ3n) is 4.49. The zero-order chi connectivity index (χ0) is 21.5. The summed E-state index contributed by atoms with van der Waals surface area (Å²) in [5, 5.41) is 15.5. The summed E-state index contributed by atoms with van der Waals surface area (Å²) in [5.41, 5.74) is 4.75. The molecule has 0 aliphatic carbocycles. The Hall–Kier alpha value is -2.70. The van der Waals surface area contributed by atoms with Crippen molar-refractivity contribution in [3.63, 3.8) is 0 Å². The van der Waals surface area contributed by atoms with Crippen LogP contribution in [0.1, 0.15) is 83.6 Å². The highest BCUT2D eigenvalue weighted by Gasteiger charge is 2.06. The quantitative estimate of drug-likeness (QED) is 0.242. The molecule has 1 rings (SSSR count). The molecule has 0 radical (unpaired) electrons. The number of nitrogens with zero attached hydrogens (tertiary/aromatic N) is 1. The number of rotatable bonds is 14. The van der Waals surface area contributed by atoms with Gasteiger partial charge in [-0.15, -0.1) is 0 Å². The second-order valence-corrected chi connectivity index (χ2v) is 7.12. The molecule has 1 aromatic carbocycles. The minimum absolute atomic E-state index is 0.0212. The van der Waals surface area contributed by atoms with Crippen molar-refractivity contribution >= 4 is 29.2 Å². The smallest absolute Gasteiger partial charge is 0.303 e. The number of carbonyl (C=O) groups excluding carboxylic acids is 2. The second kappa shape index (κ2) is 14.3. The van der Waals surface area contributed by atoms with Crippen LogP contribution < -0.4 is 10.7 Å². The highest BCUT2D eigenvalue weighted by atomic mass is 16.4. The number of hydrogen-bond acceptors (Lipinski definition) is 4. The van der Waals surface area contributed by atoms with Crippen LogP contribution in [0.5, 0.6) is 0 Å². The van der Waals surface area contributed by atoms with Gasteiger partial charge in [-0.3, -0.25) is 14.4 Å². The maximum absolute atomic E-state index is 11.9. The third kappa shape index (κ3) is 11.7. The number of benzene rings is 1. The molecule has 0 unspecified atom stereocenters. The zero-order valence-electron chi connectivity index (χ0n) is 17.5. The summed E-state index contributed by atoms with van der Waals surface area (Å²) >= 11 is 0. The van der Waals surface area contributed by atoms with Crippen molar-refractivity contribution < 1.29 is 19.5 Å². The topological polar surface area (TPSA) is 108 Å². The number of unbranched alkanes of at least 4 members (excludes halogenated alkanes) is 5. The van der Waals surface area contributed by atoms with Crippen LogP contribution in [0.3, 0.4) is 0 Å². The number of anilines is 1. The van der Waals surface area contributed by atoms with Crippen LogP contribution >= 0.6 is 0 Å². The lowest BCUT2D eigenvalue weighted by Gasteiger charge is -2.07. The summed E-state index contributed by atoms with van der Waals surface area (Å²) in [6.07, 6.45) is 7.76. The number of hydrogen-bond donors (Lipinski definition) is 3. The first-order chi connectivity index (χ1) is 13.9. The van der Waals surface area contributed by atoms with Crippen molar-refractivity contribution in [2.45, 2.75) is 78.1 Å². The second-order valence-electron chi connectivity index (χ2n) is 7.12. The van der Waals surface area contributed by atoms with Crippen molar-refractivity contribution in [2.75, 3.05) is 5.32 Å². The van der Waals surface area contributed by atoms with E-state index < -0.39 is 5.97 Å². The van der Waals surface area contributed by atoms with Crippen molar-refractivity contribution in [1.82, 2.24) is 5.43 Å². The molecule has 0 atom stereocenters. The van der Waals surface area contributed by atoms with E-state index in [9.17, 15) is 14.4 Å². The molecular formula is C22H33N3O4. The van der Waals surface area contributed by atoms with Gasteiger partial charge >= 0.3 is 5.97 Å². The normalized spacial score (nSPS) is 11.2. The average molecular weight is 404 g/mol. The highest BCUT2D eigenvalue weighted by Crippen LogP contribution is 2.12. The molecule has 0 heterocycles. The van der Waals surface area contributed by atoms with E-state index in [2.05, 4.69) is 22.8 Å². The van der Waals surface area contributed by atoms with Crippen molar-refractivity contribution in [2.24, 2.45) is 5.10 Å². The Morgan fingerprint density at radius 1 is 0.862 bits per heavy atom. The average Bonchev–Trinajstić information content (AvgIpc) is 2.69. The number of aliphatic carboxylic acids is 1. The minimum Gasteiger partial charge on any atom is -0.481 e. The fourth-order valence-corrected chi connectivity index (χ4v) is 2.75. The Morgan fingerprint density at radius 2 is 1.48 bits per heavy atom. The Morgan fingerprint density at radius 3 is 2.14 bits per heavy atom. The molecule has 2 amide bonds. The number of carbonyl (C=O) groups is 3. The number of amides is 2. The van der Waals surface area contributed by atoms with Gasteiger partial charge in [-0.25, -0.2) is 5.43 Å². The minimum atomic E-state index is -0.906. The number of carboxylic acids is 1. The molecule has 3 N–H and O–H groups in total. The molecule has 0 saturated carbocycles. The Balaban J connectivity index is 2.36. The van der Waals surface area contributed by atoms with E-state index >= 15 is 0 Å². The van der Waals surface area contributed by atoms with Gasteiger partial charge in [-0.05, 0) is 37.5 Å². The van der Waals surface area contributed by atoms with E-state index in [0.717, 1.165) is 18.4 Å². The van der Waals surface area contributed by atoms with Gasteiger partial charge < -0.3 is 10.4 Å². The Bertz CT molecular complexity index is 684. The van der Waals surface area contributed by atoms with E-state index in [-0.39, 0.29) is 24.7 Å². The van der Waals surface area contributed by atoms with Crippen LogP contribution in [-0.2, 0) is 14.4 Å². The van der Waals surface area contributed by atoms with Crippen LogP contribution in [-0.4, -0.2) is 28.6 Å². The van der Waals surface area contributed by atoms with Crippen molar-refractivity contribution in [3.8, 4) is 0 Å². The summed E-state index contributed by atoms with van der Waals surface area (Å²) in [6.45, 7) is 3.99. The van der Waals surface area contributed by atoms with Gasteiger partial charge in [0.05, 0.1) is 5.71 Å². The van der Waals surface area contributed by atoms with Crippen LogP contribution in [0.4, 0.5) is 5.69 Å². The lowest BCUT2D eigenvalue weighted by Crippen LogP contribution is -2.18. The highest BCUT2D eigenvalue weighted by molar-refractivity contribution is 6.00. The maximum atomic E-state index is 11.9. The molecule has 1 aromatic rings. The monoisotopic (exact) mass is 403 g/mol. The molecule has 0 aliphatic heterocycles. The molecule has 0 bridgehead atoms. The van der Waals surface area contributed by atoms with E-state index in [1.54, 1.807) is 12.1 Å². The lowest BCUT2D eigenvalue weighted by molar-refractivity contribution is -0.137. The molecule has 0 aromatic heterocycles. The summed E-state index contributed by atoms with van der Waals surface area (Å²) in [7, 11) is 0. The molecule has 0 fully saturated rings. The van der Waals surface area contributed by atoms with Gasteiger partial charge in [0.1, 0.15) is 0 Å². The predicted octanol–water partition coefficient (Wildman–Crippen LogP) is 4.47. The molecule has 7 heteroatoms. The van der Waals surface area contributed by atoms with E-state index in [1.165, 1.54) is 25.7 Å². The number of carboxylic acid groups (broad SMARTS) is 1. The maximum Gasteiger partial charge on any atom is 0.303 e. The van der Waals surface area contributed by atoms with Gasteiger partial charge in [-0.1, -0.05) is 51.2 Å². The third-order valence-corrected chi connectivity index (χ3v) is 4.49. The first-order valence-corrected chi connectivity index (χ1v) is 10.4. The molecule has 7 nitrogen and oxygen atoms in total. The molecule has 160 valence electrons. The van der Waals surface area contributed by atoms with Gasteiger partial charge in [-0.2, -0.15) is 5.10 Å². The van der Waals surface area contributed by atoms with Crippen molar-refractivity contribution in [1.29, 1.82) is 0 Å².